The molecule has 0 aromatic heterocycles. The van der Waals surface area contributed by atoms with Gasteiger partial charge in [-0.25, -0.2) is 0 Å². The van der Waals surface area contributed by atoms with Gasteiger partial charge in [0.15, 0.2) is 5.78 Å². The van der Waals surface area contributed by atoms with E-state index in [4.69, 9.17) is 4.74 Å². The van der Waals surface area contributed by atoms with Gasteiger partial charge in [-0.15, -0.1) is 0 Å². The van der Waals surface area contributed by atoms with E-state index in [-0.39, 0.29) is 17.4 Å². The van der Waals surface area contributed by atoms with Gasteiger partial charge >= 0.3 is 5.97 Å². The van der Waals surface area contributed by atoms with Crippen LogP contribution in [0.4, 0.5) is 0 Å². The summed E-state index contributed by atoms with van der Waals surface area (Å²) in [4.78, 5) is 23.3. The smallest absolute Gasteiger partial charge is 0.306 e. The van der Waals surface area contributed by atoms with Crippen molar-refractivity contribution >= 4 is 11.8 Å². The maximum atomic E-state index is 12.1. The van der Waals surface area contributed by atoms with Crippen LogP contribution in [0.3, 0.4) is 0 Å². The Bertz CT molecular complexity index is 801. The Hall–Kier alpha value is -1.16. The molecule has 4 nitrogen and oxygen atoms in total. The molecule has 1 N–H and O–H groups in total. The van der Waals surface area contributed by atoms with Crippen LogP contribution in [0.5, 0.6) is 0 Å². The summed E-state index contributed by atoms with van der Waals surface area (Å²) < 4.78 is 6.32. The molecule has 0 bridgehead atoms. The van der Waals surface area contributed by atoms with Crippen molar-refractivity contribution < 1.29 is 19.4 Å². The largest absolute Gasteiger partial charge is 0.481 e. The summed E-state index contributed by atoms with van der Waals surface area (Å²) >= 11 is 0. The predicted molar refractivity (Wildman–Crippen MR) is 119 cm³/mol. The fourth-order valence-corrected chi connectivity index (χ4v) is 8.85. The zero-order chi connectivity index (χ0) is 22.1. The minimum Gasteiger partial charge on any atom is -0.481 e. The molecular formula is C27H40O4. The molecule has 1 aliphatic heterocycles. The Labute approximate surface area is 187 Å². The summed E-state index contributed by atoms with van der Waals surface area (Å²) in [6, 6.07) is 0. The van der Waals surface area contributed by atoms with Gasteiger partial charge in [0.2, 0.25) is 0 Å². The van der Waals surface area contributed by atoms with Crippen molar-refractivity contribution in [3.8, 4) is 0 Å². The standard InChI is InChI=1S/C27H40O4/c1-15(6-5-7-16(2)25(29)30)18-8-9-19-22-20(11-13-26(18,19)3)27(4)12-10-17(28)14-21(27)23-24(22)31-23/h14-16,18-20,22-24H,5-13H2,1-4H3,(H,29,30)/t15-,16?,18-,19+,20+,22+,23?,24?,26-,27-/m1/s1. The SMILES string of the molecule is CC(CCC[C@@H](C)[C@H]1CC[C@H]2[C@@H]3C4OC4C4=CC(=O)CC[C@]4(C)[C@H]3CC[C@]12C)C(=O)O. The molecule has 0 amide bonds. The predicted octanol–water partition coefficient (Wildman–Crippen LogP) is 5.65. The van der Waals surface area contributed by atoms with E-state index in [1.54, 1.807) is 0 Å². The molecule has 1 heterocycles. The number of aliphatic carboxylic acids is 1. The summed E-state index contributed by atoms with van der Waals surface area (Å²) in [5.74, 6) is 2.87. The topological polar surface area (TPSA) is 66.9 Å². The lowest BCUT2D eigenvalue weighted by Crippen LogP contribution is -2.53. The second kappa shape index (κ2) is 7.43. The lowest BCUT2D eigenvalue weighted by molar-refractivity contribution is -0.141. The number of carbonyl (C=O) groups is 2. The Morgan fingerprint density at radius 3 is 2.68 bits per heavy atom. The molecule has 4 fully saturated rings. The average molecular weight is 429 g/mol. The summed E-state index contributed by atoms with van der Waals surface area (Å²) in [5, 5.41) is 9.18. The first-order valence-electron chi connectivity index (χ1n) is 12.8. The van der Waals surface area contributed by atoms with Crippen LogP contribution < -0.4 is 0 Å². The molecular weight excluding hydrogens is 388 g/mol. The molecule has 5 aliphatic rings. The van der Waals surface area contributed by atoms with Crippen molar-refractivity contribution in [1.82, 2.24) is 0 Å². The van der Waals surface area contributed by atoms with Crippen LogP contribution in [0.2, 0.25) is 0 Å². The fourth-order valence-electron chi connectivity index (χ4n) is 8.85. The number of carboxylic acids is 1. The Balaban J connectivity index is 1.31. The van der Waals surface area contributed by atoms with Crippen LogP contribution in [-0.2, 0) is 14.3 Å². The van der Waals surface area contributed by atoms with Crippen LogP contribution in [0.25, 0.3) is 0 Å². The van der Waals surface area contributed by atoms with Gasteiger partial charge in [-0.1, -0.05) is 40.5 Å². The number of fused-ring (bicyclic) bond motifs is 8. The van der Waals surface area contributed by atoms with Crippen molar-refractivity contribution in [2.75, 3.05) is 0 Å². The molecule has 0 spiro atoms. The summed E-state index contributed by atoms with van der Waals surface area (Å²) in [7, 11) is 0. The molecule has 3 saturated carbocycles. The number of epoxide rings is 1. The monoisotopic (exact) mass is 428 g/mol. The van der Waals surface area contributed by atoms with E-state index in [0.717, 1.165) is 37.5 Å². The first-order chi connectivity index (χ1) is 14.7. The van der Waals surface area contributed by atoms with E-state index >= 15 is 0 Å². The van der Waals surface area contributed by atoms with E-state index in [9.17, 15) is 14.7 Å². The number of rotatable bonds is 6. The average Bonchev–Trinajstić information content (AvgIpc) is 3.43. The second-order valence-corrected chi connectivity index (χ2v) is 12.2. The van der Waals surface area contributed by atoms with E-state index in [2.05, 4.69) is 20.8 Å². The Morgan fingerprint density at radius 1 is 1.16 bits per heavy atom. The fraction of sp³-hybridized carbons (Fsp3) is 0.852. The van der Waals surface area contributed by atoms with Crippen LogP contribution in [0, 0.1) is 46.3 Å². The minimum atomic E-state index is -0.665. The third-order valence-corrected chi connectivity index (χ3v) is 10.7. The van der Waals surface area contributed by atoms with E-state index in [1.165, 1.54) is 31.3 Å². The number of ether oxygens (including phenoxy) is 1. The van der Waals surface area contributed by atoms with Gasteiger partial charge in [0.05, 0.1) is 12.0 Å². The van der Waals surface area contributed by atoms with Gasteiger partial charge in [0.1, 0.15) is 6.10 Å². The van der Waals surface area contributed by atoms with Gasteiger partial charge in [-0.05, 0) is 90.6 Å². The first kappa shape index (κ1) is 21.7. The molecule has 0 radical (unpaired) electrons. The number of hydrogen-bond donors (Lipinski definition) is 1. The zero-order valence-electron chi connectivity index (χ0n) is 19.7. The van der Waals surface area contributed by atoms with Crippen molar-refractivity contribution in [3.05, 3.63) is 11.6 Å². The van der Waals surface area contributed by atoms with Crippen molar-refractivity contribution in [2.45, 2.75) is 97.7 Å². The molecule has 0 aromatic rings. The maximum absolute atomic E-state index is 12.1. The highest BCUT2D eigenvalue weighted by atomic mass is 16.6. The van der Waals surface area contributed by atoms with Crippen LogP contribution >= 0.6 is 0 Å². The summed E-state index contributed by atoms with van der Waals surface area (Å²) in [6.07, 6.45) is 12.4. The summed E-state index contributed by atoms with van der Waals surface area (Å²) in [6.45, 7) is 9.25. The Kier molecular flexibility index (Phi) is 5.20. The highest BCUT2D eigenvalue weighted by Gasteiger charge is 2.69. The number of hydrogen-bond acceptors (Lipinski definition) is 3. The minimum absolute atomic E-state index is 0.161. The second-order valence-electron chi connectivity index (χ2n) is 12.2. The number of carboxylic acid groups (broad SMARTS) is 1. The van der Waals surface area contributed by atoms with Gasteiger partial charge in [-0.2, -0.15) is 0 Å². The van der Waals surface area contributed by atoms with Crippen molar-refractivity contribution in [3.63, 3.8) is 0 Å². The van der Waals surface area contributed by atoms with Crippen LogP contribution in [0.1, 0.15) is 85.5 Å². The van der Waals surface area contributed by atoms with Gasteiger partial charge in [-0.3, -0.25) is 9.59 Å². The molecule has 5 rings (SSSR count). The maximum Gasteiger partial charge on any atom is 0.306 e. The van der Waals surface area contributed by atoms with E-state index in [0.29, 0.717) is 41.5 Å². The molecule has 4 heteroatoms. The van der Waals surface area contributed by atoms with Gasteiger partial charge in [0.25, 0.3) is 0 Å². The zero-order valence-corrected chi connectivity index (χ0v) is 19.7. The number of carbonyl (C=O) groups excluding carboxylic acids is 1. The molecule has 3 unspecified atom stereocenters. The van der Waals surface area contributed by atoms with Crippen LogP contribution in [-0.4, -0.2) is 29.1 Å². The highest BCUT2D eigenvalue weighted by molar-refractivity contribution is 5.92. The highest BCUT2D eigenvalue weighted by Crippen LogP contribution is 2.70. The third kappa shape index (κ3) is 3.26. The van der Waals surface area contributed by atoms with E-state index < -0.39 is 5.97 Å². The van der Waals surface area contributed by atoms with Gasteiger partial charge < -0.3 is 9.84 Å². The molecule has 1 saturated heterocycles. The van der Waals surface area contributed by atoms with Gasteiger partial charge in [0, 0.05) is 6.42 Å². The lowest BCUT2D eigenvalue weighted by Gasteiger charge is -2.57. The van der Waals surface area contributed by atoms with Crippen molar-refractivity contribution in [2.24, 2.45) is 46.3 Å². The summed E-state index contributed by atoms with van der Waals surface area (Å²) in [5.41, 5.74) is 1.88. The molecule has 31 heavy (non-hydrogen) atoms. The lowest BCUT2D eigenvalue weighted by atomic mass is 9.46. The molecule has 4 aliphatic carbocycles. The normalized spacial score (nSPS) is 47.4. The van der Waals surface area contributed by atoms with E-state index in [1.807, 2.05) is 13.0 Å². The molecule has 0 aromatic carbocycles. The Morgan fingerprint density at radius 2 is 1.94 bits per heavy atom. The third-order valence-electron chi connectivity index (χ3n) is 10.7. The quantitative estimate of drug-likeness (QED) is 0.555. The number of ketones is 1. The van der Waals surface area contributed by atoms with Crippen molar-refractivity contribution in [1.29, 1.82) is 0 Å². The van der Waals surface area contributed by atoms with Crippen LogP contribution in [0.15, 0.2) is 11.6 Å². The first-order valence-corrected chi connectivity index (χ1v) is 12.8. The molecule has 172 valence electrons. The molecule has 10 atom stereocenters.